The number of rotatable bonds is 5. The number of hydrogen-bond donors (Lipinski definition) is 0. The van der Waals surface area contributed by atoms with Gasteiger partial charge in [0.1, 0.15) is 6.04 Å². The molecule has 1 aromatic heterocycles. The minimum absolute atomic E-state index is 0.0924. The Labute approximate surface area is 95.2 Å². The van der Waals surface area contributed by atoms with E-state index in [1.54, 1.807) is 29.8 Å². The third-order valence-electron chi connectivity index (χ3n) is 2.58. The number of carbonyl (C=O) groups excluding carboxylic acids is 2. The molecule has 1 rings (SSSR count). The molecule has 0 saturated carbocycles. The topological polar surface area (TPSA) is 48.3 Å². The van der Waals surface area contributed by atoms with E-state index in [4.69, 9.17) is 4.74 Å². The first kappa shape index (κ1) is 12.5. The van der Waals surface area contributed by atoms with Gasteiger partial charge in [0, 0.05) is 6.20 Å². The molecule has 1 heterocycles. The predicted octanol–water partition coefficient (Wildman–Crippen LogP) is 2.20. The van der Waals surface area contributed by atoms with Crippen LogP contribution in [0.3, 0.4) is 0 Å². The summed E-state index contributed by atoms with van der Waals surface area (Å²) in [4.78, 5) is 22.4. The van der Waals surface area contributed by atoms with E-state index < -0.39 is 6.04 Å². The molecule has 2 atom stereocenters. The van der Waals surface area contributed by atoms with Crippen LogP contribution in [0.1, 0.15) is 43.7 Å². The predicted molar refractivity (Wildman–Crippen MR) is 60.4 cm³/mol. The molecular weight excluding hydrogens is 206 g/mol. The zero-order valence-electron chi connectivity index (χ0n) is 9.84. The average molecular weight is 223 g/mol. The SMILES string of the molecule is CCC(C)OC(=O)C(C)n1cccc1C=O. The van der Waals surface area contributed by atoms with E-state index in [2.05, 4.69) is 0 Å². The molecule has 88 valence electrons. The molecule has 0 amide bonds. The van der Waals surface area contributed by atoms with Gasteiger partial charge >= 0.3 is 5.97 Å². The highest BCUT2D eigenvalue weighted by molar-refractivity contribution is 5.77. The van der Waals surface area contributed by atoms with Crippen LogP contribution in [0.5, 0.6) is 0 Å². The second-order valence-electron chi connectivity index (χ2n) is 3.79. The Kier molecular flexibility index (Phi) is 4.28. The molecule has 2 unspecified atom stereocenters. The van der Waals surface area contributed by atoms with Crippen LogP contribution in [0.15, 0.2) is 18.3 Å². The number of aldehydes is 1. The van der Waals surface area contributed by atoms with Crippen molar-refractivity contribution in [2.45, 2.75) is 39.3 Å². The number of nitrogens with zero attached hydrogens (tertiary/aromatic N) is 1. The van der Waals surface area contributed by atoms with Crippen LogP contribution in [0.4, 0.5) is 0 Å². The molecule has 0 bridgehead atoms. The summed E-state index contributed by atoms with van der Waals surface area (Å²) in [5.74, 6) is -0.311. The van der Waals surface area contributed by atoms with Gasteiger partial charge in [-0.05, 0) is 32.4 Å². The molecule has 0 N–H and O–H groups in total. The molecule has 4 nitrogen and oxygen atoms in total. The highest BCUT2D eigenvalue weighted by Gasteiger charge is 2.19. The van der Waals surface area contributed by atoms with Gasteiger partial charge in [-0.1, -0.05) is 6.92 Å². The lowest BCUT2D eigenvalue weighted by Crippen LogP contribution is -2.23. The first-order valence-corrected chi connectivity index (χ1v) is 5.42. The Morgan fingerprint density at radius 3 is 2.81 bits per heavy atom. The van der Waals surface area contributed by atoms with Crippen molar-refractivity contribution in [1.82, 2.24) is 4.57 Å². The minimum atomic E-state index is -0.468. The zero-order chi connectivity index (χ0) is 12.1. The van der Waals surface area contributed by atoms with E-state index in [-0.39, 0.29) is 12.1 Å². The molecule has 1 aromatic rings. The van der Waals surface area contributed by atoms with Crippen LogP contribution in [-0.2, 0) is 9.53 Å². The summed E-state index contributed by atoms with van der Waals surface area (Å²) in [6.07, 6.45) is 3.12. The van der Waals surface area contributed by atoms with Crippen molar-refractivity contribution in [2.75, 3.05) is 0 Å². The maximum Gasteiger partial charge on any atom is 0.329 e. The summed E-state index contributed by atoms with van der Waals surface area (Å²) in [7, 11) is 0. The maximum atomic E-state index is 11.7. The Bertz CT molecular complexity index is 370. The van der Waals surface area contributed by atoms with Crippen LogP contribution in [0.2, 0.25) is 0 Å². The zero-order valence-corrected chi connectivity index (χ0v) is 9.84. The number of esters is 1. The maximum absolute atomic E-state index is 11.7. The fourth-order valence-corrected chi connectivity index (χ4v) is 1.35. The van der Waals surface area contributed by atoms with Crippen molar-refractivity contribution in [3.05, 3.63) is 24.0 Å². The summed E-state index contributed by atoms with van der Waals surface area (Å²) in [5, 5.41) is 0. The van der Waals surface area contributed by atoms with E-state index in [1.165, 1.54) is 0 Å². The van der Waals surface area contributed by atoms with Crippen molar-refractivity contribution in [1.29, 1.82) is 0 Å². The molecule has 0 aliphatic heterocycles. The number of hydrogen-bond acceptors (Lipinski definition) is 3. The van der Waals surface area contributed by atoms with E-state index in [0.717, 1.165) is 12.7 Å². The Morgan fingerprint density at radius 2 is 2.25 bits per heavy atom. The molecule has 0 spiro atoms. The van der Waals surface area contributed by atoms with Gasteiger partial charge in [-0.3, -0.25) is 4.79 Å². The average Bonchev–Trinajstić information content (AvgIpc) is 2.75. The van der Waals surface area contributed by atoms with Gasteiger partial charge in [0.25, 0.3) is 0 Å². The Balaban J connectivity index is 2.74. The van der Waals surface area contributed by atoms with Crippen LogP contribution in [-0.4, -0.2) is 22.9 Å². The van der Waals surface area contributed by atoms with E-state index in [1.807, 2.05) is 13.8 Å². The first-order chi connectivity index (χ1) is 7.60. The number of ether oxygens (including phenoxy) is 1. The Hall–Kier alpha value is -1.58. The number of carbonyl (C=O) groups is 2. The third-order valence-corrected chi connectivity index (χ3v) is 2.58. The minimum Gasteiger partial charge on any atom is -0.461 e. The smallest absolute Gasteiger partial charge is 0.329 e. The standard InChI is InChI=1S/C12H17NO3/c1-4-9(2)16-12(15)10(3)13-7-5-6-11(13)8-14/h5-10H,4H2,1-3H3. The van der Waals surface area contributed by atoms with Crippen molar-refractivity contribution in [2.24, 2.45) is 0 Å². The van der Waals surface area contributed by atoms with Gasteiger partial charge in [0.05, 0.1) is 11.8 Å². The molecule has 4 heteroatoms. The van der Waals surface area contributed by atoms with Crippen molar-refractivity contribution < 1.29 is 14.3 Å². The van der Waals surface area contributed by atoms with E-state index >= 15 is 0 Å². The van der Waals surface area contributed by atoms with E-state index in [0.29, 0.717) is 5.69 Å². The molecule has 0 radical (unpaired) electrons. The number of aromatic nitrogens is 1. The van der Waals surface area contributed by atoms with Gasteiger partial charge < -0.3 is 9.30 Å². The lowest BCUT2D eigenvalue weighted by Gasteiger charge is -2.17. The van der Waals surface area contributed by atoms with Crippen molar-refractivity contribution >= 4 is 12.3 Å². The quantitative estimate of drug-likeness (QED) is 0.568. The second-order valence-corrected chi connectivity index (χ2v) is 3.79. The molecule has 0 aromatic carbocycles. The summed E-state index contributed by atoms with van der Waals surface area (Å²) < 4.78 is 6.82. The highest BCUT2D eigenvalue weighted by Crippen LogP contribution is 2.13. The summed E-state index contributed by atoms with van der Waals surface area (Å²) in [6, 6.07) is 2.93. The van der Waals surface area contributed by atoms with Crippen LogP contribution in [0.25, 0.3) is 0 Å². The Morgan fingerprint density at radius 1 is 1.56 bits per heavy atom. The normalized spacial score (nSPS) is 14.2. The van der Waals surface area contributed by atoms with Crippen LogP contribution >= 0.6 is 0 Å². The van der Waals surface area contributed by atoms with Crippen molar-refractivity contribution in [3.63, 3.8) is 0 Å². The largest absolute Gasteiger partial charge is 0.461 e. The molecule has 16 heavy (non-hydrogen) atoms. The molecular formula is C12H17NO3. The van der Waals surface area contributed by atoms with Crippen LogP contribution in [0, 0.1) is 0 Å². The summed E-state index contributed by atoms with van der Waals surface area (Å²) >= 11 is 0. The summed E-state index contributed by atoms with van der Waals surface area (Å²) in [5.41, 5.74) is 0.480. The molecule has 0 saturated heterocycles. The lowest BCUT2D eigenvalue weighted by atomic mass is 10.3. The fourth-order valence-electron chi connectivity index (χ4n) is 1.35. The first-order valence-electron chi connectivity index (χ1n) is 5.42. The fraction of sp³-hybridized carbons (Fsp3) is 0.500. The molecule has 0 fully saturated rings. The second kappa shape index (κ2) is 5.49. The van der Waals surface area contributed by atoms with Gasteiger partial charge in [0.15, 0.2) is 6.29 Å². The lowest BCUT2D eigenvalue weighted by molar-refractivity contribution is -0.151. The third kappa shape index (κ3) is 2.72. The van der Waals surface area contributed by atoms with Crippen molar-refractivity contribution in [3.8, 4) is 0 Å². The molecule has 0 aliphatic carbocycles. The van der Waals surface area contributed by atoms with E-state index in [9.17, 15) is 9.59 Å². The van der Waals surface area contributed by atoms with Gasteiger partial charge in [-0.25, -0.2) is 4.79 Å². The highest BCUT2D eigenvalue weighted by atomic mass is 16.5. The monoisotopic (exact) mass is 223 g/mol. The van der Waals surface area contributed by atoms with Gasteiger partial charge in [0.2, 0.25) is 0 Å². The van der Waals surface area contributed by atoms with Gasteiger partial charge in [-0.15, -0.1) is 0 Å². The molecule has 0 aliphatic rings. The summed E-state index contributed by atoms with van der Waals surface area (Å²) in [6.45, 7) is 5.52. The van der Waals surface area contributed by atoms with Gasteiger partial charge in [-0.2, -0.15) is 0 Å². The van der Waals surface area contributed by atoms with Crippen LogP contribution < -0.4 is 0 Å².